The zero-order valence-corrected chi connectivity index (χ0v) is 6.83. The molecule has 4 heteroatoms. The summed E-state index contributed by atoms with van der Waals surface area (Å²) in [4.78, 5) is 10.7. The van der Waals surface area contributed by atoms with Crippen molar-refractivity contribution in [2.24, 2.45) is 0 Å². The second kappa shape index (κ2) is 6.51. The fourth-order valence-corrected chi connectivity index (χ4v) is 0. The van der Waals surface area contributed by atoms with Crippen LogP contribution in [0, 0.1) is 0 Å². The van der Waals surface area contributed by atoms with Crippen LogP contribution < -0.4 is 0 Å². The number of hydrogen-bond donors (Lipinski definition) is 2. The summed E-state index contributed by atoms with van der Waals surface area (Å²) in [5, 5.41) is 16.0. The molecule has 0 bridgehead atoms. The highest BCUT2D eigenvalue weighted by molar-refractivity contribution is 5.62. The monoisotopic (exact) mass is 149 g/mol. The maximum atomic E-state index is 9.00. The van der Waals surface area contributed by atoms with Crippen molar-refractivity contribution >= 4 is 5.97 Å². The third-order valence-corrected chi connectivity index (χ3v) is 0.747. The van der Waals surface area contributed by atoms with Crippen LogP contribution in [0.4, 0.5) is 0 Å². The molecule has 0 amide bonds. The highest BCUT2D eigenvalue weighted by Crippen LogP contribution is 1.79. The number of aliphatic hydroxyl groups is 1. The summed E-state index contributed by atoms with van der Waals surface area (Å²) in [6, 6.07) is 0. The Kier molecular flexibility index (Phi) is 7.88. The van der Waals surface area contributed by atoms with E-state index < -0.39 is 5.97 Å². The summed E-state index contributed by atoms with van der Waals surface area (Å²) in [5.74, 6) is -0.833. The number of carboxylic acids is 1. The molecule has 0 radical (unpaired) electrons. The minimum Gasteiger partial charge on any atom is -0.481 e. The molecule has 62 valence electrons. The number of hydrogen-bond acceptors (Lipinski definition) is 3. The molecule has 2 N–H and O–H groups in total. The molecular weight excluding hydrogens is 134 g/mol. The van der Waals surface area contributed by atoms with Crippen molar-refractivity contribution in [1.29, 1.82) is 0 Å². The minimum atomic E-state index is -0.833. The van der Waals surface area contributed by atoms with Crippen LogP contribution in [0.15, 0.2) is 0 Å². The third kappa shape index (κ3) is 26.3. The molecule has 0 aliphatic carbocycles. The molecule has 0 rings (SSSR count). The van der Waals surface area contributed by atoms with Gasteiger partial charge in [0.2, 0.25) is 0 Å². The smallest absolute Gasteiger partial charge is 0.300 e. The molecule has 0 aromatic carbocycles. The normalized spacial score (nSPS) is 11.8. The molecule has 0 saturated carbocycles. The zero-order chi connectivity index (χ0) is 8.73. The van der Waals surface area contributed by atoms with E-state index in [-0.39, 0.29) is 6.23 Å². The van der Waals surface area contributed by atoms with E-state index in [9.17, 15) is 0 Å². The number of aliphatic carboxylic acids is 1. The summed E-state index contributed by atoms with van der Waals surface area (Å²) < 4.78 is 0. The second-order valence-corrected chi connectivity index (χ2v) is 2.11. The van der Waals surface area contributed by atoms with Crippen LogP contribution >= 0.6 is 0 Å². The van der Waals surface area contributed by atoms with E-state index >= 15 is 0 Å². The topological polar surface area (TPSA) is 60.8 Å². The van der Waals surface area contributed by atoms with Crippen molar-refractivity contribution in [3.05, 3.63) is 0 Å². The summed E-state index contributed by atoms with van der Waals surface area (Å²) in [6.07, 6.45) is -0.315. The summed E-state index contributed by atoms with van der Waals surface area (Å²) in [6.45, 7) is 2.81. The van der Waals surface area contributed by atoms with E-state index in [1.54, 1.807) is 11.8 Å². The molecule has 10 heavy (non-hydrogen) atoms. The van der Waals surface area contributed by atoms with Gasteiger partial charge in [-0.2, -0.15) is 0 Å². The molecule has 0 spiro atoms. The molecule has 0 aromatic rings. The van der Waals surface area contributed by atoms with Gasteiger partial charge in [-0.3, -0.25) is 9.69 Å². The Hall–Kier alpha value is -0.610. The van der Waals surface area contributed by atoms with Crippen LogP contribution in [0.2, 0.25) is 0 Å². The highest BCUT2D eigenvalue weighted by Gasteiger charge is 1.92. The third-order valence-electron chi connectivity index (χ3n) is 0.747. The second-order valence-electron chi connectivity index (χ2n) is 2.11. The zero-order valence-electron chi connectivity index (χ0n) is 6.83. The Balaban J connectivity index is 0. The molecule has 1 unspecified atom stereocenters. The Labute approximate surface area is 61.1 Å². The van der Waals surface area contributed by atoms with E-state index in [0.717, 1.165) is 6.92 Å². The quantitative estimate of drug-likeness (QED) is 0.514. The maximum Gasteiger partial charge on any atom is 0.300 e. The van der Waals surface area contributed by atoms with Crippen LogP contribution in [-0.4, -0.2) is 41.4 Å². The first-order valence-electron chi connectivity index (χ1n) is 2.92. The van der Waals surface area contributed by atoms with Gasteiger partial charge < -0.3 is 10.2 Å². The highest BCUT2D eigenvalue weighted by atomic mass is 16.4. The van der Waals surface area contributed by atoms with Crippen LogP contribution in [-0.2, 0) is 4.79 Å². The first-order chi connectivity index (χ1) is 4.37. The first-order valence-corrected chi connectivity index (χ1v) is 2.92. The largest absolute Gasteiger partial charge is 0.481 e. The van der Waals surface area contributed by atoms with Gasteiger partial charge in [0.25, 0.3) is 5.97 Å². The lowest BCUT2D eigenvalue weighted by Gasteiger charge is -2.11. The summed E-state index contributed by atoms with van der Waals surface area (Å²) >= 11 is 0. The Bertz CT molecular complexity index is 81.0. The van der Waals surface area contributed by atoms with Crippen molar-refractivity contribution < 1.29 is 15.0 Å². The Morgan fingerprint density at radius 3 is 1.60 bits per heavy atom. The Morgan fingerprint density at radius 2 is 1.60 bits per heavy atom. The standard InChI is InChI=1S/C4H11NO.C2H4O2/c1-4(6)5(2)3;1-2(3)4/h4,6H,1-3H3;1H3,(H,3,4). The van der Waals surface area contributed by atoms with Crippen molar-refractivity contribution in [1.82, 2.24) is 4.90 Å². The van der Waals surface area contributed by atoms with E-state index in [2.05, 4.69) is 0 Å². The van der Waals surface area contributed by atoms with Gasteiger partial charge in [0.1, 0.15) is 6.23 Å². The van der Waals surface area contributed by atoms with E-state index in [1.807, 2.05) is 14.1 Å². The number of rotatable bonds is 1. The first kappa shape index (κ1) is 12.1. The van der Waals surface area contributed by atoms with Gasteiger partial charge in [0.15, 0.2) is 0 Å². The van der Waals surface area contributed by atoms with Gasteiger partial charge >= 0.3 is 0 Å². The fraction of sp³-hybridized carbons (Fsp3) is 0.833. The SMILES string of the molecule is CC(=O)O.CC(O)N(C)C. The molecule has 0 fully saturated rings. The van der Waals surface area contributed by atoms with Gasteiger partial charge in [0, 0.05) is 6.92 Å². The van der Waals surface area contributed by atoms with Gasteiger partial charge in [-0.25, -0.2) is 0 Å². The average Bonchev–Trinajstić information content (AvgIpc) is 1.63. The van der Waals surface area contributed by atoms with Gasteiger partial charge in [-0.1, -0.05) is 0 Å². The molecule has 0 aliphatic rings. The predicted molar refractivity (Wildman–Crippen MR) is 38.7 cm³/mol. The van der Waals surface area contributed by atoms with Crippen LogP contribution in [0.25, 0.3) is 0 Å². The molecule has 0 heterocycles. The average molecular weight is 149 g/mol. The van der Waals surface area contributed by atoms with Gasteiger partial charge in [-0.05, 0) is 21.0 Å². The van der Waals surface area contributed by atoms with E-state index in [1.165, 1.54) is 0 Å². The lowest BCUT2D eigenvalue weighted by Crippen LogP contribution is -2.23. The number of nitrogens with zero attached hydrogens (tertiary/aromatic N) is 1. The molecule has 0 saturated heterocycles. The fourth-order valence-electron chi connectivity index (χ4n) is 0. The minimum absolute atomic E-state index is 0.315. The predicted octanol–water partition coefficient (Wildman–Crippen LogP) is -0.0228. The molecule has 1 atom stereocenters. The summed E-state index contributed by atoms with van der Waals surface area (Å²) in [5.41, 5.74) is 0. The van der Waals surface area contributed by atoms with Crippen LogP contribution in [0.3, 0.4) is 0 Å². The van der Waals surface area contributed by atoms with Gasteiger partial charge in [-0.15, -0.1) is 0 Å². The Morgan fingerprint density at radius 1 is 1.50 bits per heavy atom. The van der Waals surface area contributed by atoms with Crippen molar-refractivity contribution in [3.63, 3.8) is 0 Å². The molecular formula is C6H15NO3. The number of aliphatic hydroxyl groups excluding tert-OH is 1. The van der Waals surface area contributed by atoms with Crippen molar-refractivity contribution in [2.45, 2.75) is 20.1 Å². The van der Waals surface area contributed by atoms with Gasteiger partial charge in [0.05, 0.1) is 0 Å². The van der Waals surface area contributed by atoms with Crippen molar-refractivity contribution in [2.75, 3.05) is 14.1 Å². The molecule has 4 nitrogen and oxygen atoms in total. The molecule has 0 aromatic heterocycles. The van der Waals surface area contributed by atoms with Crippen LogP contribution in [0.1, 0.15) is 13.8 Å². The van der Waals surface area contributed by atoms with Crippen molar-refractivity contribution in [3.8, 4) is 0 Å². The lowest BCUT2D eigenvalue weighted by atomic mass is 10.6. The number of carbonyl (C=O) groups is 1. The van der Waals surface area contributed by atoms with E-state index in [0.29, 0.717) is 0 Å². The summed E-state index contributed by atoms with van der Waals surface area (Å²) in [7, 11) is 3.65. The molecule has 0 aliphatic heterocycles. The maximum absolute atomic E-state index is 9.00. The number of carboxylic acid groups (broad SMARTS) is 1. The van der Waals surface area contributed by atoms with Crippen LogP contribution in [0.5, 0.6) is 0 Å². The lowest BCUT2D eigenvalue weighted by molar-refractivity contribution is -0.134. The van der Waals surface area contributed by atoms with E-state index in [4.69, 9.17) is 15.0 Å².